The van der Waals surface area contributed by atoms with Gasteiger partial charge in [-0.05, 0) is 55.3 Å². The fourth-order valence-corrected chi connectivity index (χ4v) is 2.46. The van der Waals surface area contributed by atoms with E-state index in [2.05, 4.69) is 5.32 Å². The highest BCUT2D eigenvalue weighted by atomic mass is 16.5. The van der Waals surface area contributed by atoms with Gasteiger partial charge in [-0.3, -0.25) is 4.79 Å². The van der Waals surface area contributed by atoms with Crippen LogP contribution in [0.25, 0.3) is 0 Å². The zero-order chi connectivity index (χ0) is 18.5. The summed E-state index contributed by atoms with van der Waals surface area (Å²) < 4.78 is 11.3. The Morgan fingerprint density at radius 2 is 1.96 bits per heavy atom. The first-order chi connectivity index (χ1) is 12.6. The average molecular weight is 346 g/mol. The van der Waals surface area contributed by atoms with Crippen molar-refractivity contribution in [3.05, 3.63) is 82.8 Å². The van der Waals surface area contributed by atoms with E-state index in [9.17, 15) is 4.79 Å². The SMILES string of the molecule is Cc1ccc(C)c(OCc2ccc(C(=O)Nc3ccccc3C#N)o2)c1. The van der Waals surface area contributed by atoms with Crippen LogP contribution in [-0.2, 0) is 6.61 Å². The number of rotatable bonds is 5. The van der Waals surface area contributed by atoms with Crippen molar-refractivity contribution in [3.8, 4) is 11.8 Å². The lowest BCUT2D eigenvalue weighted by Gasteiger charge is -2.08. The highest BCUT2D eigenvalue weighted by molar-refractivity contribution is 6.03. The monoisotopic (exact) mass is 346 g/mol. The summed E-state index contributed by atoms with van der Waals surface area (Å²) in [6, 6.07) is 18.1. The maximum absolute atomic E-state index is 12.3. The lowest BCUT2D eigenvalue weighted by atomic mass is 10.1. The lowest BCUT2D eigenvalue weighted by molar-refractivity contribution is 0.0992. The van der Waals surface area contributed by atoms with Gasteiger partial charge in [-0.1, -0.05) is 24.3 Å². The number of hydrogen-bond acceptors (Lipinski definition) is 4. The van der Waals surface area contributed by atoms with Gasteiger partial charge in [0.1, 0.15) is 24.2 Å². The van der Waals surface area contributed by atoms with Crippen molar-refractivity contribution in [1.29, 1.82) is 5.26 Å². The molecule has 0 aliphatic carbocycles. The Morgan fingerprint density at radius 3 is 2.77 bits per heavy atom. The first-order valence-electron chi connectivity index (χ1n) is 8.16. The molecule has 1 aromatic heterocycles. The number of anilines is 1. The average Bonchev–Trinajstić information content (AvgIpc) is 3.12. The quantitative estimate of drug-likeness (QED) is 0.732. The molecule has 5 nitrogen and oxygen atoms in total. The molecule has 3 rings (SSSR count). The molecule has 0 atom stereocenters. The van der Waals surface area contributed by atoms with Crippen molar-refractivity contribution in [1.82, 2.24) is 0 Å². The number of nitrogens with one attached hydrogen (secondary N) is 1. The van der Waals surface area contributed by atoms with Crippen LogP contribution in [0.4, 0.5) is 5.69 Å². The summed E-state index contributed by atoms with van der Waals surface area (Å²) in [4.78, 5) is 12.3. The Hall–Kier alpha value is -3.52. The van der Waals surface area contributed by atoms with Crippen LogP contribution in [0.2, 0.25) is 0 Å². The number of amides is 1. The van der Waals surface area contributed by atoms with Crippen LogP contribution in [0, 0.1) is 25.2 Å². The molecule has 0 aliphatic rings. The normalized spacial score (nSPS) is 10.2. The fourth-order valence-electron chi connectivity index (χ4n) is 2.46. The summed E-state index contributed by atoms with van der Waals surface area (Å²) in [5.74, 6) is 1.09. The van der Waals surface area contributed by atoms with Gasteiger partial charge in [0.05, 0.1) is 11.3 Å². The van der Waals surface area contributed by atoms with Crippen molar-refractivity contribution in [2.75, 3.05) is 5.32 Å². The first-order valence-corrected chi connectivity index (χ1v) is 8.16. The molecule has 1 amide bonds. The number of benzene rings is 2. The van der Waals surface area contributed by atoms with Crippen LogP contribution < -0.4 is 10.1 Å². The Bertz CT molecular complexity index is 983. The maximum Gasteiger partial charge on any atom is 0.291 e. The second kappa shape index (κ2) is 7.58. The number of aryl methyl sites for hydroxylation is 2. The zero-order valence-electron chi connectivity index (χ0n) is 14.6. The van der Waals surface area contributed by atoms with Crippen molar-refractivity contribution < 1.29 is 13.9 Å². The maximum atomic E-state index is 12.3. The van der Waals surface area contributed by atoms with E-state index in [1.165, 1.54) is 0 Å². The number of carbonyl (C=O) groups is 1. The summed E-state index contributed by atoms with van der Waals surface area (Å²) in [5, 5.41) is 11.8. The number of hydrogen-bond donors (Lipinski definition) is 1. The smallest absolute Gasteiger partial charge is 0.291 e. The molecular weight excluding hydrogens is 328 g/mol. The van der Waals surface area contributed by atoms with E-state index >= 15 is 0 Å². The van der Waals surface area contributed by atoms with Crippen molar-refractivity contribution >= 4 is 11.6 Å². The second-order valence-electron chi connectivity index (χ2n) is 5.94. The van der Waals surface area contributed by atoms with E-state index in [1.807, 2.05) is 38.1 Å². The van der Waals surface area contributed by atoms with Gasteiger partial charge in [0.15, 0.2) is 5.76 Å². The molecule has 1 heterocycles. The van der Waals surface area contributed by atoms with E-state index in [-0.39, 0.29) is 12.4 Å². The van der Waals surface area contributed by atoms with Gasteiger partial charge in [0, 0.05) is 0 Å². The third kappa shape index (κ3) is 3.93. The van der Waals surface area contributed by atoms with Gasteiger partial charge in [-0.25, -0.2) is 0 Å². The largest absolute Gasteiger partial charge is 0.485 e. The van der Waals surface area contributed by atoms with E-state index < -0.39 is 5.91 Å². The van der Waals surface area contributed by atoms with Gasteiger partial charge < -0.3 is 14.5 Å². The second-order valence-corrected chi connectivity index (χ2v) is 5.94. The van der Waals surface area contributed by atoms with E-state index in [0.29, 0.717) is 17.0 Å². The minimum Gasteiger partial charge on any atom is -0.485 e. The topological polar surface area (TPSA) is 75.3 Å². The van der Waals surface area contributed by atoms with Crippen LogP contribution in [-0.4, -0.2) is 5.91 Å². The number of para-hydroxylation sites is 1. The molecule has 26 heavy (non-hydrogen) atoms. The molecule has 130 valence electrons. The molecule has 0 fully saturated rings. The highest BCUT2D eigenvalue weighted by Crippen LogP contribution is 2.21. The standard InChI is InChI=1S/C21H18N2O3/c1-14-7-8-15(2)20(11-14)25-13-17-9-10-19(26-17)21(24)23-18-6-4-3-5-16(18)12-22/h3-11H,13H2,1-2H3,(H,23,24). The van der Waals surface area contributed by atoms with E-state index in [4.69, 9.17) is 14.4 Å². The third-order valence-electron chi connectivity index (χ3n) is 3.89. The van der Waals surface area contributed by atoms with Gasteiger partial charge in [0.2, 0.25) is 0 Å². The summed E-state index contributed by atoms with van der Waals surface area (Å²) in [6.45, 7) is 4.20. The molecule has 0 bridgehead atoms. The molecule has 0 radical (unpaired) electrons. The molecule has 0 saturated heterocycles. The zero-order valence-corrected chi connectivity index (χ0v) is 14.6. The van der Waals surface area contributed by atoms with Gasteiger partial charge in [0.25, 0.3) is 5.91 Å². The molecule has 0 saturated carbocycles. The minimum atomic E-state index is -0.411. The molecule has 3 aromatic rings. The third-order valence-corrected chi connectivity index (χ3v) is 3.89. The molecule has 0 spiro atoms. The number of nitriles is 1. The Labute approximate surface area is 151 Å². The van der Waals surface area contributed by atoms with Gasteiger partial charge in [-0.15, -0.1) is 0 Å². The molecule has 0 unspecified atom stereocenters. The van der Waals surface area contributed by atoms with Crippen molar-refractivity contribution in [2.24, 2.45) is 0 Å². The van der Waals surface area contributed by atoms with Crippen molar-refractivity contribution in [3.63, 3.8) is 0 Å². The summed E-state index contributed by atoms with van der Waals surface area (Å²) in [5.41, 5.74) is 2.99. The number of ether oxygens (including phenoxy) is 1. The summed E-state index contributed by atoms with van der Waals surface area (Å²) in [7, 11) is 0. The molecule has 0 aliphatic heterocycles. The van der Waals surface area contributed by atoms with Crippen molar-refractivity contribution in [2.45, 2.75) is 20.5 Å². The Balaban J connectivity index is 1.67. The Morgan fingerprint density at radius 1 is 1.15 bits per heavy atom. The van der Waals surface area contributed by atoms with Gasteiger partial charge in [-0.2, -0.15) is 5.26 Å². The highest BCUT2D eigenvalue weighted by Gasteiger charge is 2.13. The molecule has 1 N–H and O–H groups in total. The summed E-state index contributed by atoms with van der Waals surface area (Å²) in [6.07, 6.45) is 0. The van der Waals surface area contributed by atoms with E-state index in [1.54, 1.807) is 36.4 Å². The first kappa shape index (κ1) is 17.3. The Kier molecular flexibility index (Phi) is 5.04. The fraction of sp³-hybridized carbons (Fsp3) is 0.143. The molecule has 2 aromatic carbocycles. The number of furan rings is 1. The predicted octanol–water partition coefficient (Wildman–Crippen LogP) is 4.60. The number of nitrogens with zero attached hydrogens (tertiary/aromatic N) is 1. The minimum absolute atomic E-state index is 0.164. The van der Waals surface area contributed by atoms with Crippen LogP contribution >= 0.6 is 0 Å². The van der Waals surface area contributed by atoms with Crippen LogP contribution in [0.3, 0.4) is 0 Å². The van der Waals surface area contributed by atoms with Crippen LogP contribution in [0.1, 0.15) is 33.0 Å². The lowest BCUT2D eigenvalue weighted by Crippen LogP contribution is -2.11. The van der Waals surface area contributed by atoms with Crippen LogP contribution in [0.5, 0.6) is 5.75 Å². The summed E-state index contributed by atoms with van der Waals surface area (Å²) >= 11 is 0. The number of carbonyl (C=O) groups excluding carboxylic acids is 1. The van der Waals surface area contributed by atoms with Crippen LogP contribution in [0.15, 0.2) is 59.0 Å². The van der Waals surface area contributed by atoms with E-state index in [0.717, 1.165) is 16.9 Å². The predicted molar refractivity (Wildman–Crippen MR) is 98.1 cm³/mol. The molecular formula is C21H18N2O3. The molecule has 5 heteroatoms. The van der Waals surface area contributed by atoms with Gasteiger partial charge >= 0.3 is 0 Å².